The average molecular weight is 296 g/mol. The van der Waals surface area contributed by atoms with E-state index in [0.29, 0.717) is 0 Å². The van der Waals surface area contributed by atoms with E-state index >= 15 is 0 Å². The van der Waals surface area contributed by atoms with Crippen molar-refractivity contribution < 1.29 is 4.79 Å². The van der Waals surface area contributed by atoms with Crippen molar-refractivity contribution in [3.05, 3.63) is 29.3 Å². The minimum Gasteiger partial charge on any atom is -0.368 e. The molecule has 0 spiro atoms. The second-order valence-corrected chi connectivity index (χ2v) is 5.62. The quantitative estimate of drug-likeness (QED) is 0.925. The predicted octanol–water partition coefficient (Wildman–Crippen LogP) is 2.12. The Morgan fingerprint density at radius 3 is 2.65 bits per heavy atom. The summed E-state index contributed by atoms with van der Waals surface area (Å²) in [6, 6.07) is 7.48. The van der Waals surface area contributed by atoms with E-state index in [-0.39, 0.29) is 11.9 Å². The van der Waals surface area contributed by atoms with E-state index in [1.54, 1.807) is 0 Å². The van der Waals surface area contributed by atoms with Crippen molar-refractivity contribution in [2.75, 3.05) is 31.1 Å². The van der Waals surface area contributed by atoms with Crippen molar-refractivity contribution in [3.8, 4) is 0 Å². The van der Waals surface area contributed by atoms with Crippen LogP contribution in [0.2, 0.25) is 5.02 Å². The summed E-state index contributed by atoms with van der Waals surface area (Å²) in [6.07, 6.45) is 1.70. The Labute approximate surface area is 125 Å². The van der Waals surface area contributed by atoms with Crippen molar-refractivity contribution in [1.29, 1.82) is 0 Å². The van der Waals surface area contributed by atoms with Gasteiger partial charge in [0, 0.05) is 36.9 Å². The Balaban J connectivity index is 1.91. The van der Waals surface area contributed by atoms with Crippen LogP contribution in [0.3, 0.4) is 0 Å². The van der Waals surface area contributed by atoms with Gasteiger partial charge in [-0.15, -0.1) is 0 Å². The zero-order chi connectivity index (χ0) is 14.5. The highest BCUT2D eigenvalue weighted by molar-refractivity contribution is 6.30. The van der Waals surface area contributed by atoms with Crippen LogP contribution >= 0.6 is 11.6 Å². The van der Waals surface area contributed by atoms with Gasteiger partial charge in [-0.25, -0.2) is 0 Å². The lowest BCUT2D eigenvalue weighted by Crippen LogP contribution is -2.53. The molecule has 1 saturated heterocycles. The highest BCUT2D eigenvalue weighted by Gasteiger charge is 2.24. The van der Waals surface area contributed by atoms with Crippen molar-refractivity contribution in [3.63, 3.8) is 0 Å². The van der Waals surface area contributed by atoms with Crippen LogP contribution in [0.25, 0.3) is 0 Å². The highest BCUT2D eigenvalue weighted by atomic mass is 35.5. The van der Waals surface area contributed by atoms with Gasteiger partial charge in [0.05, 0.1) is 6.04 Å². The molecule has 0 aromatic heterocycles. The standard InChI is InChI=1S/C15H22ClN3O/c1-2-4-14(17)15(20)19-9-7-18(8-10-19)13-6-3-5-12(16)11-13/h3,5-6,11,14H,2,4,7-10,17H2,1H3/t14-/m0/s1. The van der Waals surface area contributed by atoms with Crippen LogP contribution < -0.4 is 10.6 Å². The molecule has 1 heterocycles. The molecule has 0 bridgehead atoms. The van der Waals surface area contributed by atoms with Gasteiger partial charge < -0.3 is 15.5 Å². The van der Waals surface area contributed by atoms with Gasteiger partial charge in [-0.1, -0.05) is 31.0 Å². The lowest BCUT2D eigenvalue weighted by Gasteiger charge is -2.37. The molecule has 2 N–H and O–H groups in total. The fourth-order valence-electron chi connectivity index (χ4n) is 2.53. The zero-order valence-electron chi connectivity index (χ0n) is 11.9. The number of piperazine rings is 1. The molecular formula is C15H22ClN3O. The van der Waals surface area contributed by atoms with Gasteiger partial charge in [-0.3, -0.25) is 4.79 Å². The lowest BCUT2D eigenvalue weighted by molar-refractivity contribution is -0.133. The van der Waals surface area contributed by atoms with Crippen LogP contribution in [0.1, 0.15) is 19.8 Å². The molecule has 4 nitrogen and oxygen atoms in total. The summed E-state index contributed by atoms with van der Waals surface area (Å²) < 4.78 is 0. The van der Waals surface area contributed by atoms with E-state index in [1.165, 1.54) is 0 Å². The molecule has 1 aliphatic heterocycles. The first-order valence-electron chi connectivity index (χ1n) is 7.16. The zero-order valence-corrected chi connectivity index (χ0v) is 12.6. The second kappa shape index (κ2) is 6.95. The maximum atomic E-state index is 12.1. The Morgan fingerprint density at radius 1 is 1.35 bits per heavy atom. The van der Waals surface area contributed by atoms with Gasteiger partial charge in [0.1, 0.15) is 0 Å². The molecule has 5 heteroatoms. The van der Waals surface area contributed by atoms with E-state index in [1.807, 2.05) is 36.1 Å². The molecule has 1 atom stereocenters. The lowest BCUT2D eigenvalue weighted by atomic mass is 10.1. The van der Waals surface area contributed by atoms with Crippen molar-refractivity contribution in [2.45, 2.75) is 25.8 Å². The largest absolute Gasteiger partial charge is 0.368 e. The van der Waals surface area contributed by atoms with E-state index in [2.05, 4.69) is 4.90 Å². The topological polar surface area (TPSA) is 49.6 Å². The molecule has 0 unspecified atom stereocenters. The van der Waals surface area contributed by atoms with Crippen LogP contribution in [0.5, 0.6) is 0 Å². The molecule has 1 aromatic carbocycles. The predicted molar refractivity (Wildman–Crippen MR) is 83.1 cm³/mol. The molecule has 1 amide bonds. The van der Waals surface area contributed by atoms with Crippen LogP contribution in [0.4, 0.5) is 5.69 Å². The van der Waals surface area contributed by atoms with Gasteiger partial charge in [-0.05, 0) is 24.6 Å². The highest BCUT2D eigenvalue weighted by Crippen LogP contribution is 2.21. The van der Waals surface area contributed by atoms with Gasteiger partial charge in [0.2, 0.25) is 5.91 Å². The second-order valence-electron chi connectivity index (χ2n) is 5.19. The minimum absolute atomic E-state index is 0.0811. The molecule has 1 fully saturated rings. The maximum absolute atomic E-state index is 12.1. The number of benzene rings is 1. The summed E-state index contributed by atoms with van der Waals surface area (Å²) in [4.78, 5) is 16.3. The van der Waals surface area contributed by atoms with Crippen molar-refractivity contribution >= 4 is 23.2 Å². The Hall–Kier alpha value is -1.26. The summed E-state index contributed by atoms with van der Waals surface area (Å²) in [6.45, 7) is 5.14. The van der Waals surface area contributed by atoms with Crippen LogP contribution in [0.15, 0.2) is 24.3 Å². The number of amides is 1. The molecule has 2 rings (SSSR count). The number of nitrogens with two attached hydrogens (primary N) is 1. The third-order valence-electron chi connectivity index (χ3n) is 3.68. The number of hydrogen-bond donors (Lipinski definition) is 1. The molecule has 20 heavy (non-hydrogen) atoms. The number of nitrogens with zero attached hydrogens (tertiary/aromatic N) is 2. The fraction of sp³-hybridized carbons (Fsp3) is 0.533. The first-order chi connectivity index (χ1) is 9.61. The number of hydrogen-bond acceptors (Lipinski definition) is 3. The summed E-state index contributed by atoms with van der Waals surface area (Å²) in [5.41, 5.74) is 7.02. The summed E-state index contributed by atoms with van der Waals surface area (Å²) in [5, 5.41) is 0.742. The van der Waals surface area contributed by atoms with Crippen LogP contribution in [-0.2, 0) is 4.79 Å². The summed E-state index contributed by atoms with van der Waals surface area (Å²) >= 11 is 6.01. The maximum Gasteiger partial charge on any atom is 0.239 e. The third-order valence-corrected chi connectivity index (χ3v) is 3.92. The van der Waals surface area contributed by atoms with E-state index < -0.39 is 0 Å². The Kier molecular flexibility index (Phi) is 5.26. The van der Waals surface area contributed by atoms with E-state index in [9.17, 15) is 4.79 Å². The van der Waals surface area contributed by atoms with Gasteiger partial charge in [0.15, 0.2) is 0 Å². The number of rotatable bonds is 4. The van der Waals surface area contributed by atoms with Gasteiger partial charge >= 0.3 is 0 Å². The molecular weight excluding hydrogens is 274 g/mol. The number of halogens is 1. The molecule has 1 aromatic rings. The number of carbonyl (C=O) groups is 1. The van der Waals surface area contributed by atoms with Crippen LogP contribution in [-0.4, -0.2) is 43.0 Å². The first kappa shape index (κ1) is 15.1. The van der Waals surface area contributed by atoms with E-state index in [0.717, 1.165) is 49.7 Å². The molecule has 0 saturated carbocycles. The summed E-state index contributed by atoms with van der Waals surface area (Å²) in [5.74, 6) is 0.0811. The van der Waals surface area contributed by atoms with Crippen molar-refractivity contribution in [1.82, 2.24) is 4.90 Å². The first-order valence-corrected chi connectivity index (χ1v) is 7.54. The van der Waals surface area contributed by atoms with Gasteiger partial charge in [-0.2, -0.15) is 0 Å². The Morgan fingerprint density at radius 2 is 2.05 bits per heavy atom. The molecule has 1 aliphatic rings. The number of anilines is 1. The fourth-order valence-corrected chi connectivity index (χ4v) is 2.71. The van der Waals surface area contributed by atoms with Crippen LogP contribution in [0, 0.1) is 0 Å². The van der Waals surface area contributed by atoms with Gasteiger partial charge in [0.25, 0.3) is 0 Å². The smallest absolute Gasteiger partial charge is 0.239 e. The minimum atomic E-state index is -0.349. The Bertz CT molecular complexity index is 458. The molecule has 110 valence electrons. The number of carbonyl (C=O) groups excluding carboxylic acids is 1. The summed E-state index contributed by atoms with van der Waals surface area (Å²) in [7, 11) is 0. The molecule has 0 aliphatic carbocycles. The average Bonchev–Trinajstić information content (AvgIpc) is 2.47. The normalized spacial score (nSPS) is 17.1. The molecule has 0 radical (unpaired) electrons. The van der Waals surface area contributed by atoms with Crippen molar-refractivity contribution in [2.24, 2.45) is 5.73 Å². The SMILES string of the molecule is CCC[C@H](N)C(=O)N1CCN(c2cccc(Cl)c2)CC1. The third kappa shape index (κ3) is 3.64. The van der Waals surface area contributed by atoms with E-state index in [4.69, 9.17) is 17.3 Å². The monoisotopic (exact) mass is 295 g/mol.